The molecule has 3 aromatic heterocycles. The fourth-order valence-electron chi connectivity index (χ4n) is 5.47. The highest BCUT2D eigenvalue weighted by molar-refractivity contribution is 5.73. The number of benzene rings is 2. The van der Waals surface area contributed by atoms with Crippen molar-refractivity contribution in [2.24, 2.45) is 0 Å². The van der Waals surface area contributed by atoms with Crippen LogP contribution in [0.25, 0.3) is 28.2 Å². The van der Waals surface area contributed by atoms with Crippen molar-refractivity contribution in [2.45, 2.75) is 45.1 Å². The zero-order valence-corrected chi connectivity index (χ0v) is 22.1. The molecule has 0 spiro atoms. The first-order valence-electron chi connectivity index (χ1n) is 13.3. The Balaban J connectivity index is 1.26. The maximum atomic E-state index is 12.9. The molecule has 194 valence electrons. The number of nitrogens with zero attached hydrogens (tertiary/aromatic N) is 6. The van der Waals surface area contributed by atoms with Crippen molar-refractivity contribution in [3.8, 4) is 17.1 Å². The Bertz CT molecular complexity index is 1630. The molecule has 0 amide bonds. The van der Waals surface area contributed by atoms with E-state index in [0.29, 0.717) is 35.4 Å². The van der Waals surface area contributed by atoms with E-state index in [-0.39, 0.29) is 5.69 Å². The van der Waals surface area contributed by atoms with Crippen molar-refractivity contribution in [1.29, 1.82) is 0 Å². The molecule has 1 aliphatic rings. The monoisotopic (exact) mass is 507 g/mol. The fourth-order valence-corrected chi connectivity index (χ4v) is 5.47. The SMILES string of the molecule is CC(C)c1ccccc1-c1ncc2[nH]c(=O)n(Cc3ccc(-n4ccc(C5CCCN(C)C5)n4)cc3)c2n1. The number of rotatable bonds is 6. The van der Waals surface area contributed by atoms with Crippen LogP contribution in [0.2, 0.25) is 0 Å². The van der Waals surface area contributed by atoms with E-state index in [1.165, 1.54) is 18.4 Å². The number of likely N-dealkylation sites (N-methyl/N-ethyl adjacent to an activating group) is 1. The molecule has 0 bridgehead atoms. The van der Waals surface area contributed by atoms with E-state index in [1.807, 2.05) is 41.2 Å². The van der Waals surface area contributed by atoms with Crippen LogP contribution in [0, 0.1) is 0 Å². The van der Waals surface area contributed by atoms with E-state index >= 15 is 0 Å². The van der Waals surface area contributed by atoms with Crippen molar-refractivity contribution in [3.05, 3.63) is 94.3 Å². The number of H-pyrrole nitrogens is 1. The van der Waals surface area contributed by atoms with E-state index in [0.717, 1.165) is 35.6 Å². The Hall–Kier alpha value is -4.04. The molecular weight excluding hydrogens is 474 g/mol. The standard InChI is InChI=1S/C30H33N7O/c1-20(2)24-8-4-5-9-25(24)28-31-17-27-29(33-28)36(30(38)32-27)18-21-10-12-23(13-11-21)37-16-14-26(34-37)22-7-6-15-35(3)19-22/h4-5,8-14,16-17,20,22H,6-7,15,18-19H2,1-3H3,(H,32,38). The molecule has 6 rings (SSSR count). The van der Waals surface area contributed by atoms with Gasteiger partial charge in [0.15, 0.2) is 11.5 Å². The highest BCUT2D eigenvalue weighted by atomic mass is 16.1. The zero-order chi connectivity index (χ0) is 26.2. The van der Waals surface area contributed by atoms with E-state index < -0.39 is 0 Å². The number of nitrogens with one attached hydrogen (secondary N) is 1. The molecule has 1 aliphatic heterocycles. The summed E-state index contributed by atoms with van der Waals surface area (Å²) in [5.74, 6) is 1.46. The Labute approximate surface area is 222 Å². The van der Waals surface area contributed by atoms with Gasteiger partial charge in [0.25, 0.3) is 0 Å². The topological polar surface area (TPSA) is 84.6 Å². The highest BCUT2D eigenvalue weighted by Crippen LogP contribution is 2.28. The van der Waals surface area contributed by atoms with Crippen LogP contribution in [0.3, 0.4) is 0 Å². The van der Waals surface area contributed by atoms with E-state index in [4.69, 9.17) is 10.1 Å². The summed E-state index contributed by atoms with van der Waals surface area (Å²) in [6.07, 6.45) is 6.15. The lowest BCUT2D eigenvalue weighted by atomic mass is 9.95. The van der Waals surface area contributed by atoms with Gasteiger partial charge in [-0.1, -0.05) is 50.2 Å². The molecule has 0 aliphatic carbocycles. The molecule has 0 radical (unpaired) electrons. The summed E-state index contributed by atoms with van der Waals surface area (Å²) in [5, 5.41) is 4.87. The first-order valence-corrected chi connectivity index (χ1v) is 13.3. The van der Waals surface area contributed by atoms with Gasteiger partial charge in [-0.15, -0.1) is 0 Å². The Morgan fingerprint density at radius 1 is 1.08 bits per heavy atom. The van der Waals surface area contributed by atoms with Crippen LogP contribution >= 0.6 is 0 Å². The lowest BCUT2D eigenvalue weighted by Crippen LogP contribution is -2.31. The average Bonchev–Trinajstić information content (AvgIpc) is 3.54. The van der Waals surface area contributed by atoms with Crippen molar-refractivity contribution in [1.82, 2.24) is 34.2 Å². The van der Waals surface area contributed by atoms with Gasteiger partial charge in [-0.05, 0) is 61.7 Å². The number of likely N-dealkylation sites (tertiary alicyclic amines) is 1. The van der Waals surface area contributed by atoms with Gasteiger partial charge in [0.1, 0.15) is 5.52 Å². The summed E-state index contributed by atoms with van der Waals surface area (Å²) in [5.41, 5.74) is 6.40. The van der Waals surface area contributed by atoms with Gasteiger partial charge >= 0.3 is 5.69 Å². The van der Waals surface area contributed by atoms with Crippen LogP contribution in [-0.2, 0) is 6.54 Å². The van der Waals surface area contributed by atoms with Crippen LogP contribution in [0.1, 0.15) is 55.3 Å². The second-order valence-electron chi connectivity index (χ2n) is 10.6. The Morgan fingerprint density at radius 2 is 1.89 bits per heavy atom. The van der Waals surface area contributed by atoms with Crippen LogP contribution in [0.4, 0.5) is 0 Å². The van der Waals surface area contributed by atoms with Crippen LogP contribution in [-0.4, -0.2) is 54.3 Å². The maximum Gasteiger partial charge on any atom is 0.328 e. The van der Waals surface area contributed by atoms with Gasteiger partial charge in [0.2, 0.25) is 0 Å². The third kappa shape index (κ3) is 4.67. The van der Waals surface area contributed by atoms with Gasteiger partial charge in [-0.3, -0.25) is 4.57 Å². The minimum atomic E-state index is -0.193. The molecule has 1 saturated heterocycles. The summed E-state index contributed by atoms with van der Waals surface area (Å²) >= 11 is 0. The quantitative estimate of drug-likeness (QED) is 0.351. The van der Waals surface area contributed by atoms with E-state index in [9.17, 15) is 4.79 Å². The van der Waals surface area contributed by atoms with Crippen molar-refractivity contribution in [2.75, 3.05) is 20.1 Å². The number of aromatic amines is 1. The van der Waals surface area contributed by atoms with Crippen LogP contribution in [0.15, 0.2) is 71.8 Å². The Kier molecular flexibility index (Phi) is 6.41. The van der Waals surface area contributed by atoms with Crippen molar-refractivity contribution < 1.29 is 0 Å². The van der Waals surface area contributed by atoms with E-state index in [1.54, 1.807) is 10.8 Å². The number of aromatic nitrogens is 6. The summed E-state index contributed by atoms with van der Waals surface area (Å²) in [7, 11) is 2.18. The first-order chi connectivity index (χ1) is 18.5. The third-order valence-corrected chi connectivity index (χ3v) is 7.53. The number of hydrogen-bond donors (Lipinski definition) is 1. The molecule has 1 atom stereocenters. The highest BCUT2D eigenvalue weighted by Gasteiger charge is 2.21. The summed E-state index contributed by atoms with van der Waals surface area (Å²) in [4.78, 5) is 27.5. The number of imidazole rings is 1. The maximum absolute atomic E-state index is 12.9. The lowest BCUT2D eigenvalue weighted by molar-refractivity contribution is 0.248. The molecule has 1 fully saturated rings. The lowest BCUT2D eigenvalue weighted by Gasteiger charge is -2.28. The normalized spacial score (nSPS) is 16.5. The molecule has 1 unspecified atom stereocenters. The van der Waals surface area contributed by atoms with Crippen molar-refractivity contribution in [3.63, 3.8) is 0 Å². The minimum absolute atomic E-state index is 0.193. The summed E-state index contributed by atoms with van der Waals surface area (Å²) in [6.45, 7) is 6.96. The number of piperidine rings is 1. The van der Waals surface area contributed by atoms with Gasteiger partial charge in [-0.2, -0.15) is 5.10 Å². The van der Waals surface area contributed by atoms with Crippen LogP contribution < -0.4 is 5.69 Å². The van der Waals surface area contributed by atoms with Crippen LogP contribution in [0.5, 0.6) is 0 Å². The predicted molar refractivity (Wildman–Crippen MR) is 150 cm³/mol. The molecule has 1 N–H and O–H groups in total. The van der Waals surface area contributed by atoms with Crippen molar-refractivity contribution >= 4 is 11.2 Å². The third-order valence-electron chi connectivity index (χ3n) is 7.53. The fraction of sp³-hybridized carbons (Fsp3) is 0.333. The van der Waals surface area contributed by atoms with E-state index in [2.05, 4.69) is 60.0 Å². The largest absolute Gasteiger partial charge is 0.328 e. The Morgan fingerprint density at radius 3 is 2.68 bits per heavy atom. The summed E-state index contributed by atoms with van der Waals surface area (Å²) in [6, 6.07) is 18.5. The van der Waals surface area contributed by atoms with Gasteiger partial charge < -0.3 is 9.88 Å². The second-order valence-corrected chi connectivity index (χ2v) is 10.6. The summed E-state index contributed by atoms with van der Waals surface area (Å²) < 4.78 is 3.62. The first kappa shape index (κ1) is 24.3. The average molecular weight is 508 g/mol. The number of hydrogen-bond acceptors (Lipinski definition) is 5. The molecule has 5 aromatic rings. The van der Waals surface area contributed by atoms with Gasteiger partial charge in [0, 0.05) is 24.2 Å². The molecule has 8 nitrogen and oxygen atoms in total. The second kappa shape index (κ2) is 10.0. The minimum Gasteiger partial charge on any atom is -0.306 e. The molecule has 4 heterocycles. The zero-order valence-electron chi connectivity index (χ0n) is 22.1. The predicted octanol–water partition coefficient (Wildman–Crippen LogP) is 4.95. The smallest absolute Gasteiger partial charge is 0.306 e. The molecule has 38 heavy (non-hydrogen) atoms. The molecule has 0 saturated carbocycles. The van der Waals surface area contributed by atoms with Gasteiger partial charge in [0.05, 0.1) is 24.1 Å². The molecule has 8 heteroatoms. The van der Waals surface area contributed by atoms with Gasteiger partial charge in [-0.25, -0.2) is 19.4 Å². The molecule has 2 aromatic carbocycles. The molecular formula is C30H33N7O. The number of fused-ring (bicyclic) bond motifs is 1.